The molecule has 1 N–H and O–H groups in total. The number of benzene rings is 1. The second kappa shape index (κ2) is 8.19. The van der Waals surface area contributed by atoms with E-state index in [1.54, 1.807) is 0 Å². The monoisotopic (exact) mass is 399 g/mol. The summed E-state index contributed by atoms with van der Waals surface area (Å²) >= 11 is 0. The summed E-state index contributed by atoms with van der Waals surface area (Å²) < 4.78 is 11.0. The lowest BCUT2D eigenvalue weighted by Crippen LogP contribution is -2.54. The Morgan fingerprint density at radius 3 is 2.48 bits per heavy atom. The van der Waals surface area contributed by atoms with Crippen LogP contribution in [0.15, 0.2) is 28.8 Å². The molecule has 0 saturated carbocycles. The van der Waals surface area contributed by atoms with Gasteiger partial charge in [0.15, 0.2) is 0 Å². The molecule has 2 aromatic rings. The van der Waals surface area contributed by atoms with Crippen LogP contribution in [0.2, 0.25) is 0 Å². The molecule has 0 bridgehead atoms. The highest BCUT2D eigenvalue weighted by Crippen LogP contribution is 2.23. The highest BCUT2D eigenvalue weighted by Gasteiger charge is 2.34. The first-order chi connectivity index (χ1) is 13.5. The molecule has 1 aromatic heterocycles. The zero-order chi connectivity index (χ0) is 21.2. The van der Waals surface area contributed by atoms with Crippen molar-refractivity contribution < 1.29 is 14.1 Å². The van der Waals surface area contributed by atoms with Crippen molar-refractivity contribution in [2.45, 2.75) is 72.1 Å². The Bertz CT molecular complexity index is 833. The Morgan fingerprint density at radius 1 is 1.17 bits per heavy atom. The summed E-state index contributed by atoms with van der Waals surface area (Å²) in [5.41, 5.74) is 2.74. The molecule has 1 fully saturated rings. The van der Waals surface area contributed by atoms with Crippen LogP contribution in [-0.4, -0.2) is 40.1 Å². The molecule has 1 aliphatic heterocycles. The minimum absolute atomic E-state index is 0.0265. The molecule has 1 amide bonds. The lowest BCUT2D eigenvalue weighted by Gasteiger charge is -2.34. The minimum atomic E-state index is -0.106. The lowest BCUT2D eigenvalue weighted by atomic mass is 9.96. The van der Waals surface area contributed by atoms with Crippen LogP contribution in [0.3, 0.4) is 0 Å². The van der Waals surface area contributed by atoms with Crippen molar-refractivity contribution in [3.05, 3.63) is 46.8 Å². The van der Waals surface area contributed by atoms with Crippen molar-refractivity contribution >= 4 is 5.91 Å². The van der Waals surface area contributed by atoms with Gasteiger partial charge in [-0.05, 0) is 65.7 Å². The van der Waals surface area contributed by atoms with Gasteiger partial charge in [0.1, 0.15) is 18.1 Å². The molecular weight excluding hydrogens is 366 g/mol. The Balaban J connectivity index is 1.58. The van der Waals surface area contributed by atoms with E-state index in [4.69, 9.17) is 9.26 Å². The van der Waals surface area contributed by atoms with Crippen LogP contribution in [0, 0.1) is 13.8 Å². The molecule has 6 heteroatoms. The molecule has 0 spiro atoms. The second-order valence-electron chi connectivity index (χ2n) is 9.37. The number of hydrogen-bond donors (Lipinski definition) is 1. The minimum Gasteiger partial charge on any atom is -0.489 e. The van der Waals surface area contributed by atoms with Crippen LogP contribution in [0.1, 0.15) is 56.7 Å². The number of ether oxygens (including phenoxy) is 1. The van der Waals surface area contributed by atoms with Crippen molar-refractivity contribution in [2.24, 2.45) is 0 Å². The van der Waals surface area contributed by atoms with Crippen LogP contribution in [0.4, 0.5) is 0 Å². The fraction of sp³-hybridized carbons (Fsp3) is 0.565. The summed E-state index contributed by atoms with van der Waals surface area (Å²) in [6.07, 6.45) is 1.34. The van der Waals surface area contributed by atoms with Gasteiger partial charge in [0, 0.05) is 24.2 Å². The van der Waals surface area contributed by atoms with E-state index in [1.165, 1.54) is 0 Å². The first-order valence-corrected chi connectivity index (χ1v) is 10.3. The molecule has 29 heavy (non-hydrogen) atoms. The van der Waals surface area contributed by atoms with Crippen LogP contribution < -0.4 is 10.1 Å². The van der Waals surface area contributed by atoms with E-state index in [0.717, 1.165) is 41.3 Å². The molecule has 1 aromatic carbocycles. The fourth-order valence-electron chi connectivity index (χ4n) is 4.06. The standard InChI is InChI=1S/C23H33N3O3/c1-16-20(17(2)29-24-16)14-28-19-9-7-18(8-10-19)13-21(27)26-12-11-22(3,4)25-23(5,6)15-26/h7-10,25H,11-15H2,1-6H3. The van der Waals surface area contributed by atoms with E-state index in [9.17, 15) is 4.79 Å². The van der Waals surface area contributed by atoms with E-state index in [1.807, 2.05) is 43.0 Å². The van der Waals surface area contributed by atoms with Crippen LogP contribution in [0.5, 0.6) is 5.75 Å². The van der Waals surface area contributed by atoms with E-state index in [0.29, 0.717) is 19.6 Å². The van der Waals surface area contributed by atoms with Gasteiger partial charge in [-0.25, -0.2) is 0 Å². The van der Waals surface area contributed by atoms with E-state index in [-0.39, 0.29) is 17.0 Å². The molecule has 158 valence electrons. The number of aromatic nitrogens is 1. The molecular formula is C23H33N3O3. The van der Waals surface area contributed by atoms with Gasteiger partial charge in [0.2, 0.25) is 5.91 Å². The van der Waals surface area contributed by atoms with Crippen molar-refractivity contribution in [1.29, 1.82) is 0 Å². The lowest BCUT2D eigenvalue weighted by molar-refractivity contribution is -0.131. The Labute approximate surface area is 173 Å². The average Bonchev–Trinajstić information content (AvgIpc) is 2.88. The molecule has 2 heterocycles. The van der Waals surface area contributed by atoms with Gasteiger partial charge < -0.3 is 19.5 Å². The van der Waals surface area contributed by atoms with Crippen LogP contribution >= 0.6 is 0 Å². The number of aryl methyl sites for hydroxylation is 2. The molecule has 0 radical (unpaired) electrons. The first kappa shape index (κ1) is 21.4. The number of rotatable bonds is 5. The SMILES string of the molecule is Cc1noc(C)c1COc1ccc(CC(=O)N2CCC(C)(C)NC(C)(C)C2)cc1. The fourth-order valence-corrected chi connectivity index (χ4v) is 4.06. The number of carbonyl (C=O) groups excluding carboxylic acids is 1. The van der Waals surface area contributed by atoms with Gasteiger partial charge in [-0.15, -0.1) is 0 Å². The van der Waals surface area contributed by atoms with Gasteiger partial charge in [-0.3, -0.25) is 4.79 Å². The molecule has 3 rings (SSSR count). The van der Waals surface area contributed by atoms with Crippen molar-refractivity contribution in [3.63, 3.8) is 0 Å². The Kier molecular flexibility index (Phi) is 6.03. The third kappa shape index (κ3) is 5.60. The summed E-state index contributed by atoms with van der Waals surface area (Å²) in [6.45, 7) is 14.4. The highest BCUT2D eigenvalue weighted by molar-refractivity contribution is 5.79. The maximum absolute atomic E-state index is 12.9. The second-order valence-corrected chi connectivity index (χ2v) is 9.37. The number of amides is 1. The maximum atomic E-state index is 12.9. The highest BCUT2D eigenvalue weighted by atomic mass is 16.5. The Morgan fingerprint density at radius 2 is 1.86 bits per heavy atom. The summed E-state index contributed by atoms with van der Waals surface area (Å²) in [4.78, 5) is 14.9. The van der Waals surface area contributed by atoms with E-state index < -0.39 is 0 Å². The maximum Gasteiger partial charge on any atom is 0.227 e. The molecule has 0 aliphatic carbocycles. The normalized spacial score (nSPS) is 18.3. The van der Waals surface area contributed by atoms with E-state index in [2.05, 4.69) is 38.2 Å². The third-order valence-corrected chi connectivity index (χ3v) is 5.47. The summed E-state index contributed by atoms with van der Waals surface area (Å²) in [5, 5.41) is 7.61. The molecule has 1 aliphatic rings. The summed E-state index contributed by atoms with van der Waals surface area (Å²) in [5.74, 6) is 1.72. The topological polar surface area (TPSA) is 67.6 Å². The molecule has 1 saturated heterocycles. The smallest absolute Gasteiger partial charge is 0.227 e. The average molecular weight is 400 g/mol. The van der Waals surface area contributed by atoms with Gasteiger partial charge in [-0.2, -0.15) is 0 Å². The summed E-state index contributed by atoms with van der Waals surface area (Å²) in [6, 6.07) is 7.76. The zero-order valence-electron chi connectivity index (χ0n) is 18.5. The van der Waals surface area contributed by atoms with Gasteiger partial charge in [-0.1, -0.05) is 17.3 Å². The number of nitrogens with zero attached hydrogens (tertiary/aromatic N) is 2. The van der Waals surface area contributed by atoms with Crippen molar-refractivity contribution in [2.75, 3.05) is 13.1 Å². The van der Waals surface area contributed by atoms with Crippen LogP contribution in [0.25, 0.3) is 0 Å². The van der Waals surface area contributed by atoms with Gasteiger partial charge in [0.05, 0.1) is 17.7 Å². The van der Waals surface area contributed by atoms with E-state index >= 15 is 0 Å². The molecule has 0 atom stereocenters. The summed E-state index contributed by atoms with van der Waals surface area (Å²) in [7, 11) is 0. The Hall–Kier alpha value is -2.34. The van der Waals surface area contributed by atoms with Crippen molar-refractivity contribution in [3.8, 4) is 5.75 Å². The van der Waals surface area contributed by atoms with Crippen molar-refractivity contribution in [1.82, 2.24) is 15.4 Å². The largest absolute Gasteiger partial charge is 0.489 e. The number of carbonyl (C=O) groups is 1. The van der Waals surface area contributed by atoms with Gasteiger partial charge >= 0.3 is 0 Å². The quantitative estimate of drug-likeness (QED) is 0.828. The third-order valence-electron chi connectivity index (χ3n) is 5.47. The van der Waals surface area contributed by atoms with Gasteiger partial charge in [0.25, 0.3) is 0 Å². The number of hydrogen-bond acceptors (Lipinski definition) is 5. The zero-order valence-corrected chi connectivity index (χ0v) is 18.5. The predicted molar refractivity (Wildman–Crippen MR) is 113 cm³/mol. The first-order valence-electron chi connectivity index (χ1n) is 10.3. The molecule has 0 unspecified atom stereocenters. The molecule has 6 nitrogen and oxygen atoms in total. The van der Waals surface area contributed by atoms with Crippen LogP contribution in [-0.2, 0) is 17.8 Å². The predicted octanol–water partition coefficient (Wildman–Crippen LogP) is 3.79. The number of nitrogens with one attached hydrogen (secondary N) is 1.